The number of oxime groups is 1. The average Bonchev–Trinajstić information content (AvgIpc) is 3.32. The second-order valence-corrected chi connectivity index (χ2v) is 6.77. The molecule has 4 rings (SSSR count). The summed E-state index contributed by atoms with van der Waals surface area (Å²) in [5, 5.41) is 3.98. The van der Waals surface area contributed by atoms with Gasteiger partial charge in [0.1, 0.15) is 5.56 Å². The summed E-state index contributed by atoms with van der Waals surface area (Å²) in [5.74, 6) is -0.633. The van der Waals surface area contributed by atoms with Crippen molar-refractivity contribution in [2.24, 2.45) is 18.1 Å². The van der Waals surface area contributed by atoms with E-state index in [1.165, 1.54) is 10.6 Å². The van der Waals surface area contributed by atoms with Gasteiger partial charge < -0.3 is 19.2 Å². The smallest absolute Gasteiger partial charge is 0.272 e. The van der Waals surface area contributed by atoms with E-state index >= 15 is 0 Å². The van der Waals surface area contributed by atoms with Crippen molar-refractivity contribution < 1.29 is 14.4 Å². The van der Waals surface area contributed by atoms with Crippen LogP contribution in [0.2, 0.25) is 0 Å². The maximum absolute atomic E-state index is 12.7. The molecule has 0 spiro atoms. The maximum Gasteiger partial charge on any atom is 0.272 e. The van der Waals surface area contributed by atoms with Crippen LogP contribution in [0, 0.1) is 5.92 Å². The fourth-order valence-electron chi connectivity index (χ4n) is 3.71. The summed E-state index contributed by atoms with van der Waals surface area (Å²) in [6.07, 6.45) is 3.32. The number of nitrogens with zero attached hydrogens (tertiary/aromatic N) is 4. The molecule has 0 N–H and O–H groups in total. The predicted molar refractivity (Wildman–Crippen MR) is 89.2 cm³/mol. The first kappa shape index (κ1) is 15.9. The van der Waals surface area contributed by atoms with E-state index in [1.807, 2.05) is 0 Å². The molecular formula is C17H20N4O4. The maximum atomic E-state index is 12.7. The number of pyridine rings is 1. The molecule has 2 saturated heterocycles. The summed E-state index contributed by atoms with van der Waals surface area (Å²) in [5.41, 5.74) is 0.213. The number of hydrogen-bond acceptors (Lipinski definition) is 5. The van der Waals surface area contributed by atoms with Crippen molar-refractivity contribution in [2.75, 3.05) is 26.2 Å². The summed E-state index contributed by atoms with van der Waals surface area (Å²) < 4.78 is 1.38. The molecule has 0 aliphatic carbocycles. The van der Waals surface area contributed by atoms with Crippen LogP contribution in [0.1, 0.15) is 23.2 Å². The lowest BCUT2D eigenvalue weighted by atomic mass is 10.00. The summed E-state index contributed by atoms with van der Waals surface area (Å²) in [4.78, 5) is 46.2. The molecular weight excluding hydrogens is 324 g/mol. The zero-order chi connectivity index (χ0) is 17.6. The van der Waals surface area contributed by atoms with Crippen LogP contribution in [-0.4, -0.2) is 64.2 Å². The number of hydrogen-bond donors (Lipinski definition) is 0. The van der Waals surface area contributed by atoms with Gasteiger partial charge in [-0.3, -0.25) is 14.4 Å². The molecule has 1 aromatic rings. The lowest BCUT2D eigenvalue weighted by molar-refractivity contribution is -0.123. The van der Waals surface area contributed by atoms with Crippen molar-refractivity contribution in [2.45, 2.75) is 18.9 Å². The SMILES string of the molecule is Cn1cccc(C(=O)N2C[C@@H]3C(C(=O)N4CCCC4)=NO[C@@H]3C2)c1=O. The van der Waals surface area contributed by atoms with Crippen molar-refractivity contribution in [1.29, 1.82) is 0 Å². The van der Waals surface area contributed by atoms with Gasteiger partial charge >= 0.3 is 0 Å². The Balaban J connectivity index is 1.50. The molecule has 0 bridgehead atoms. The van der Waals surface area contributed by atoms with Crippen LogP contribution in [-0.2, 0) is 16.7 Å². The third kappa shape index (κ3) is 2.61. The Labute approximate surface area is 144 Å². The molecule has 8 nitrogen and oxygen atoms in total. The van der Waals surface area contributed by atoms with Crippen LogP contribution in [0.15, 0.2) is 28.3 Å². The number of likely N-dealkylation sites (tertiary alicyclic amines) is 2. The largest absolute Gasteiger partial charge is 0.389 e. The molecule has 0 aromatic carbocycles. The van der Waals surface area contributed by atoms with Gasteiger partial charge in [-0.1, -0.05) is 5.16 Å². The van der Waals surface area contributed by atoms with Crippen LogP contribution in [0.5, 0.6) is 0 Å². The Morgan fingerprint density at radius 3 is 2.68 bits per heavy atom. The van der Waals surface area contributed by atoms with Crippen LogP contribution in [0.25, 0.3) is 0 Å². The lowest BCUT2D eigenvalue weighted by Crippen LogP contribution is -2.39. The van der Waals surface area contributed by atoms with E-state index in [4.69, 9.17) is 4.84 Å². The molecule has 25 heavy (non-hydrogen) atoms. The number of fused-ring (bicyclic) bond motifs is 1. The standard InChI is InChI=1S/C17H20N4O4/c1-19-6-4-5-11(15(19)22)16(23)21-9-12-13(10-21)25-18-14(12)17(24)20-7-2-3-8-20/h4-6,12-13H,2-3,7-10H2,1H3/t12-,13+/m0/s1. The van der Waals surface area contributed by atoms with Crippen molar-refractivity contribution in [3.63, 3.8) is 0 Å². The third-order valence-electron chi connectivity index (χ3n) is 5.16. The minimum absolute atomic E-state index is 0.0880. The first-order valence-corrected chi connectivity index (χ1v) is 8.54. The molecule has 0 radical (unpaired) electrons. The van der Waals surface area contributed by atoms with E-state index in [-0.39, 0.29) is 35.0 Å². The molecule has 3 aliphatic rings. The van der Waals surface area contributed by atoms with Crippen molar-refractivity contribution in [3.05, 3.63) is 34.2 Å². The molecule has 2 atom stereocenters. The van der Waals surface area contributed by atoms with Crippen LogP contribution >= 0.6 is 0 Å². The monoisotopic (exact) mass is 344 g/mol. The zero-order valence-electron chi connectivity index (χ0n) is 14.1. The van der Waals surface area contributed by atoms with Gasteiger partial charge in [-0.05, 0) is 25.0 Å². The topological polar surface area (TPSA) is 84.2 Å². The van der Waals surface area contributed by atoms with Gasteiger partial charge in [0.2, 0.25) is 0 Å². The van der Waals surface area contributed by atoms with E-state index in [9.17, 15) is 14.4 Å². The molecule has 132 valence electrons. The Bertz CT molecular complexity index is 809. The fourth-order valence-corrected chi connectivity index (χ4v) is 3.71. The molecule has 8 heteroatoms. The van der Waals surface area contributed by atoms with E-state index in [0.29, 0.717) is 18.8 Å². The van der Waals surface area contributed by atoms with Crippen molar-refractivity contribution in [1.82, 2.24) is 14.4 Å². The Kier molecular flexibility index (Phi) is 3.82. The molecule has 2 amide bonds. The van der Waals surface area contributed by atoms with Crippen molar-refractivity contribution >= 4 is 17.5 Å². The third-order valence-corrected chi connectivity index (χ3v) is 5.16. The fraction of sp³-hybridized carbons (Fsp3) is 0.529. The minimum Gasteiger partial charge on any atom is -0.389 e. The Morgan fingerprint density at radius 2 is 1.92 bits per heavy atom. The first-order valence-electron chi connectivity index (χ1n) is 8.54. The van der Waals surface area contributed by atoms with Gasteiger partial charge in [-0.15, -0.1) is 0 Å². The van der Waals surface area contributed by atoms with E-state index in [1.54, 1.807) is 29.1 Å². The van der Waals surface area contributed by atoms with Gasteiger partial charge in [0, 0.05) is 32.9 Å². The lowest BCUT2D eigenvalue weighted by Gasteiger charge is -2.18. The predicted octanol–water partition coefficient (Wildman–Crippen LogP) is -0.165. The summed E-state index contributed by atoms with van der Waals surface area (Å²) >= 11 is 0. The second kappa shape index (κ2) is 6.02. The molecule has 0 unspecified atom stereocenters. The summed E-state index contributed by atoms with van der Waals surface area (Å²) in [6, 6.07) is 3.20. The highest BCUT2D eigenvalue weighted by Gasteiger charge is 2.47. The number of rotatable bonds is 2. The molecule has 3 aliphatic heterocycles. The van der Waals surface area contributed by atoms with Gasteiger partial charge in [0.15, 0.2) is 11.8 Å². The minimum atomic E-state index is -0.327. The highest BCUT2D eigenvalue weighted by molar-refractivity contribution is 6.40. The number of amides is 2. The quantitative estimate of drug-likeness (QED) is 0.746. The van der Waals surface area contributed by atoms with Crippen LogP contribution < -0.4 is 5.56 Å². The molecule has 2 fully saturated rings. The average molecular weight is 344 g/mol. The number of aryl methyl sites for hydroxylation is 1. The number of aromatic nitrogens is 1. The number of carbonyl (C=O) groups excluding carboxylic acids is 2. The first-order chi connectivity index (χ1) is 12.1. The second-order valence-electron chi connectivity index (χ2n) is 6.77. The number of carbonyl (C=O) groups is 2. The molecule has 4 heterocycles. The summed E-state index contributed by atoms with van der Waals surface area (Å²) in [6.45, 7) is 2.18. The molecule has 0 saturated carbocycles. The van der Waals surface area contributed by atoms with Crippen molar-refractivity contribution in [3.8, 4) is 0 Å². The highest BCUT2D eigenvalue weighted by atomic mass is 16.6. The van der Waals surface area contributed by atoms with Crippen LogP contribution in [0.4, 0.5) is 0 Å². The van der Waals surface area contributed by atoms with Gasteiger partial charge in [-0.2, -0.15) is 0 Å². The highest BCUT2D eigenvalue weighted by Crippen LogP contribution is 2.29. The Morgan fingerprint density at radius 1 is 1.16 bits per heavy atom. The normalized spacial score (nSPS) is 24.9. The van der Waals surface area contributed by atoms with E-state index in [2.05, 4.69) is 5.16 Å². The van der Waals surface area contributed by atoms with Crippen LogP contribution in [0.3, 0.4) is 0 Å². The van der Waals surface area contributed by atoms with E-state index in [0.717, 1.165) is 25.9 Å². The van der Waals surface area contributed by atoms with E-state index < -0.39 is 0 Å². The Hall–Kier alpha value is -2.64. The zero-order valence-corrected chi connectivity index (χ0v) is 14.1. The van der Waals surface area contributed by atoms with Gasteiger partial charge in [0.25, 0.3) is 17.4 Å². The van der Waals surface area contributed by atoms with Gasteiger partial charge in [-0.25, -0.2) is 0 Å². The summed E-state index contributed by atoms with van der Waals surface area (Å²) in [7, 11) is 1.61. The molecule has 1 aromatic heterocycles. The van der Waals surface area contributed by atoms with Gasteiger partial charge in [0.05, 0.1) is 12.5 Å².